The van der Waals surface area contributed by atoms with Gasteiger partial charge in [0, 0.05) is 27.1 Å². The molecule has 35 heavy (non-hydrogen) atoms. The zero-order valence-corrected chi connectivity index (χ0v) is 19.2. The van der Waals surface area contributed by atoms with Crippen molar-refractivity contribution in [2.45, 2.75) is 6.92 Å². The average molecular weight is 455 g/mol. The van der Waals surface area contributed by atoms with Gasteiger partial charge in [-0.15, -0.1) is 0 Å². The van der Waals surface area contributed by atoms with E-state index in [9.17, 15) is 9.59 Å². The van der Waals surface area contributed by atoms with Crippen LogP contribution in [-0.4, -0.2) is 12.6 Å². The van der Waals surface area contributed by atoms with E-state index in [4.69, 9.17) is 4.74 Å². The first-order valence-corrected chi connectivity index (χ1v) is 11.8. The summed E-state index contributed by atoms with van der Waals surface area (Å²) in [6.07, 6.45) is 0. The van der Waals surface area contributed by atoms with Gasteiger partial charge in [-0.1, -0.05) is 103 Å². The number of carbonyl (C=O) groups excluding carboxylic acids is 1. The van der Waals surface area contributed by atoms with Gasteiger partial charge >= 0.3 is 5.97 Å². The number of esters is 1. The van der Waals surface area contributed by atoms with Crippen LogP contribution in [0.4, 0.5) is 0 Å². The summed E-state index contributed by atoms with van der Waals surface area (Å²) in [5.74, 6) is -0.421. The topological polar surface area (TPSA) is 43.4 Å². The lowest BCUT2D eigenvalue weighted by Gasteiger charge is -2.08. The third-order valence-electron chi connectivity index (χ3n) is 6.63. The summed E-state index contributed by atoms with van der Waals surface area (Å²) in [5.41, 5.74) is 3.71. The van der Waals surface area contributed by atoms with E-state index in [2.05, 4.69) is 0 Å². The summed E-state index contributed by atoms with van der Waals surface area (Å²) in [4.78, 5) is 27.7. The Bertz CT molecular complexity index is 1770. The Kier molecular flexibility index (Phi) is 5.04. The first kappa shape index (κ1) is 21.1. The molecular weight excluding hydrogens is 432 g/mol. The van der Waals surface area contributed by atoms with Crippen LogP contribution in [0.25, 0.3) is 54.6 Å². The Hall–Kier alpha value is -4.50. The van der Waals surface area contributed by atoms with Gasteiger partial charge in [0.05, 0.1) is 12.2 Å². The third-order valence-corrected chi connectivity index (χ3v) is 6.63. The standard InChI is InChI=1S/C32H22O3/c1-2-35-32(34)30-26(21-14-7-4-8-15-21)29-28-24(23-16-9-10-17-25(23)31(29)33)19-11-18-22(27(28)30)20-12-5-3-6-13-20/h3-19H,2H2,1H3. The van der Waals surface area contributed by atoms with Crippen LogP contribution in [0.5, 0.6) is 0 Å². The van der Waals surface area contributed by atoms with E-state index < -0.39 is 5.97 Å². The number of carbonyl (C=O) groups is 1. The van der Waals surface area contributed by atoms with Gasteiger partial charge in [-0.3, -0.25) is 4.79 Å². The van der Waals surface area contributed by atoms with Crippen LogP contribution in [0.1, 0.15) is 17.3 Å². The van der Waals surface area contributed by atoms with E-state index in [-0.39, 0.29) is 12.0 Å². The van der Waals surface area contributed by atoms with Gasteiger partial charge in [0.1, 0.15) is 0 Å². The minimum Gasteiger partial charge on any atom is -0.462 e. The maximum Gasteiger partial charge on any atom is 0.339 e. The highest BCUT2D eigenvalue weighted by molar-refractivity contribution is 6.33. The molecule has 0 radical (unpaired) electrons. The second kappa shape index (κ2) is 8.37. The molecule has 0 amide bonds. The summed E-state index contributed by atoms with van der Waals surface area (Å²) >= 11 is 0. The number of ether oxygens (including phenoxy) is 1. The van der Waals surface area contributed by atoms with E-state index in [1.807, 2.05) is 103 Å². The molecule has 0 aliphatic heterocycles. The molecule has 6 aromatic carbocycles. The predicted molar refractivity (Wildman–Crippen MR) is 143 cm³/mol. The molecule has 3 nitrogen and oxygen atoms in total. The van der Waals surface area contributed by atoms with Crippen molar-refractivity contribution in [3.63, 3.8) is 0 Å². The minimum absolute atomic E-state index is 0.0716. The molecule has 0 aromatic heterocycles. The van der Waals surface area contributed by atoms with Crippen LogP contribution in [0.3, 0.4) is 0 Å². The number of benzene rings is 4. The molecule has 6 rings (SSSR count). The molecule has 0 N–H and O–H groups in total. The molecule has 6 aromatic rings. The lowest BCUT2D eigenvalue weighted by atomic mass is 9.97. The highest BCUT2D eigenvalue weighted by atomic mass is 16.5. The van der Waals surface area contributed by atoms with Crippen molar-refractivity contribution in [2.24, 2.45) is 0 Å². The fourth-order valence-corrected chi connectivity index (χ4v) is 5.23. The third kappa shape index (κ3) is 3.20. The highest BCUT2D eigenvalue weighted by Crippen LogP contribution is 2.45. The Labute approximate surface area is 202 Å². The number of fused-ring (bicyclic) bond motifs is 2. The summed E-state index contributed by atoms with van der Waals surface area (Å²) in [7, 11) is 0. The maximum atomic E-state index is 14.1. The zero-order chi connectivity index (χ0) is 23.9. The molecule has 0 aliphatic rings. The largest absolute Gasteiger partial charge is 0.462 e. The molecule has 0 heterocycles. The van der Waals surface area contributed by atoms with Crippen LogP contribution in [0, 0.1) is 0 Å². The van der Waals surface area contributed by atoms with E-state index in [0.717, 1.165) is 38.2 Å². The maximum absolute atomic E-state index is 14.1. The van der Waals surface area contributed by atoms with Crippen molar-refractivity contribution in [1.82, 2.24) is 0 Å². The number of hydrogen-bond donors (Lipinski definition) is 0. The molecule has 0 aliphatic carbocycles. The van der Waals surface area contributed by atoms with Crippen LogP contribution in [-0.2, 0) is 4.74 Å². The summed E-state index contributed by atoms with van der Waals surface area (Å²) in [6, 6.07) is 33.4. The summed E-state index contributed by atoms with van der Waals surface area (Å²) in [6.45, 7) is 2.05. The second-order valence-electron chi connectivity index (χ2n) is 8.56. The quantitative estimate of drug-likeness (QED) is 0.260. The van der Waals surface area contributed by atoms with E-state index >= 15 is 0 Å². The SMILES string of the molecule is CCOC(=O)c1c(-c2ccccc2)c2c(=O)c3ccccc3c3cccc(-c4ccccc4)c1c23. The van der Waals surface area contributed by atoms with Crippen molar-refractivity contribution in [3.05, 3.63) is 119 Å². The Morgan fingerprint density at radius 3 is 1.91 bits per heavy atom. The lowest BCUT2D eigenvalue weighted by Crippen LogP contribution is -2.07. The van der Waals surface area contributed by atoms with Gasteiger partial charge in [-0.25, -0.2) is 4.79 Å². The van der Waals surface area contributed by atoms with Crippen LogP contribution >= 0.6 is 0 Å². The Balaban J connectivity index is 1.97. The first-order valence-electron chi connectivity index (χ1n) is 11.8. The molecule has 0 fully saturated rings. The molecule has 168 valence electrons. The Morgan fingerprint density at radius 1 is 0.629 bits per heavy atom. The molecule has 3 heteroatoms. The number of rotatable bonds is 4. The molecule has 0 spiro atoms. The van der Waals surface area contributed by atoms with Crippen molar-refractivity contribution in [2.75, 3.05) is 6.61 Å². The van der Waals surface area contributed by atoms with Gasteiger partial charge in [-0.2, -0.15) is 0 Å². The lowest BCUT2D eigenvalue weighted by molar-refractivity contribution is 0.0530. The summed E-state index contributed by atoms with van der Waals surface area (Å²) in [5, 5.41) is 4.60. The van der Waals surface area contributed by atoms with E-state index in [1.54, 1.807) is 6.92 Å². The van der Waals surface area contributed by atoms with E-state index in [0.29, 0.717) is 21.9 Å². The van der Waals surface area contributed by atoms with Gasteiger partial charge in [0.15, 0.2) is 5.43 Å². The highest BCUT2D eigenvalue weighted by Gasteiger charge is 2.29. The number of hydrogen-bond acceptors (Lipinski definition) is 3. The molecular formula is C32H22O3. The van der Waals surface area contributed by atoms with Crippen molar-refractivity contribution in [3.8, 4) is 22.3 Å². The Morgan fingerprint density at radius 2 is 1.23 bits per heavy atom. The normalized spacial score (nSPS) is 11.3. The van der Waals surface area contributed by atoms with Crippen molar-refractivity contribution < 1.29 is 9.53 Å². The van der Waals surface area contributed by atoms with Crippen LogP contribution in [0.15, 0.2) is 108 Å². The summed E-state index contributed by atoms with van der Waals surface area (Å²) < 4.78 is 5.60. The minimum atomic E-state index is -0.421. The van der Waals surface area contributed by atoms with Gasteiger partial charge in [0.25, 0.3) is 0 Å². The van der Waals surface area contributed by atoms with E-state index in [1.165, 1.54) is 0 Å². The molecule has 0 saturated heterocycles. The van der Waals surface area contributed by atoms with Gasteiger partial charge in [0.2, 0.25) is 0 Å². The van der Waals surface area contributed by atoms with Crippen molar-refractivity contribution >= 4 is 38.3 Å². The second-order valence-corrected chi connectivity index (χ2v) is 8.56. The average Bonchev–Trinajstić information content (AvgIpc) is 3.13. The molecule has 0 saturated carbocycles. The predicted octanol–water partition coefficient (Wildman–Crippen LogP) is 7.45. The molecule has 0 unspecified atom stereocenters. The first-order chi connectivity index (χ1) is 17.2. The molecule has 0 atom stereocenters. The van der Waals surface area contributed by atoms with Gasteiger partial charge < -0.3 is 4.74 Å². The molecule has 0 bridgehead atoms. The zero-order valence-electron chi connectivity index (χ0n) is 19.2. The van der Waals surface area contributed by atoms with Crippen LogP contribution < -0.4 is 5.43 Å². The monoisotopic (exact) mass is 454 g/mol. The van der Waals surface area contributed by atoms with Crippen LogP contribution in [0.2, 0.25) is 0 Å². The smallest absolute Gasteiger partial charge is 0.339 e. The fraction of sp³-hybridized carbons (Fsp3) is 0.0625. The fourth-order valence-electron chi connectivity index (χ4n) is 5.23. The van der Waals surface area contributed by atoms with Crippen molar-refractivity contribution in [1.29, 1.82) is 0 Å². The van der Waals surface area contributed by atoms with Gasteiger partial charge in [-0.05, 0) is 34.4 Å².